The van der Waals surface area contributed by atoms with Gasteiger partial charge in [0.25, 0.3) is 0 Å². The van der Waals surface area contributed by atoms with Crippen LogP contribution in [-0.4, -0.2) is 49.1 Å². The van der Waals surface area contributed by atoms with Gasteiger partial charge < -0.3 is 10.6 Å². The summed E-state index contributed by atoms with van der Waals surface area (Å²) in [5.74, 6) is 0.950. The average molecular weight is 225 g/mol. The fraction of sp³-hybridized carbons (Fsp3) is 0.917. The van der Waals surface area contributed by atoms with Crippen LogP contribution in [0.1, 0.15) is 26.7 Å². The Hall–Kier alpha value is -0.610. The van der Waals surface area contributed by atoms with Gasteiger partial charge >= 0.3 is 0 Å². The molecule has 0 spiro atoms. The molecule has 2 N–H and O–H groups in total. The highest BCUT2D eigenvalue weighted by atomic mass is 16.2. The maximum atomic E-state index is 11.7. The van der Waals surface area contributed by atoms with Gasteiger partial charge in [-0.1, -0.05) is 6.92 Å². The molecule has 2 heterocycles. The lowest BCUT2D eigenvalue weighted by atomic mass is 10.1. The van der Waals surface area contributed by atoms with E-state index in [2.05, 4.69) is 29.4 Å². The molecular weight excluding hydrogens is 202 g/mol. The quantitative estimate of drug-likeness (QED) is 0.718. The second-order valence-electron chi connectivity index (χ2n) is 5.18. The van der Waals surface area contributed by atoms with Gasteiger partial charge in [-0.2, -0.15) is 0 Å². The summed E-state index contributed by atoms with van der Waals surface area (Å²) in [6, 6.07) is 0.934. The van der Waals surface area contributed by atoms with Crippen molar-refractivity contribution in [3.8, 4) is 0 Å². The summed E-state index contributed by atoms with van der Waals surface area (Å²) in [5.41, 5.74) is 0. The molecule has 4 heteroatoms. The van der Waals surface area contributed by atoms with E-state index in [1.807, 2.05) is 0 Å². The molecule has 0 aromatic rings. The zero-order valence-electron chi connectivity index (χ0n) is 10.3. The molecule has 0 aromatic carbocycles. The minimum Gasteiger partial charge on any atom is -0.353 e. The summed E-state index contributed by atoms with van der Waals surface area (Å²) in [4.78, 5) is 14.0. The highest BCUT2D eigenvalue weighted by Crippen LogP contribution is 2.23. The van der Waals surface area contributed by atoms with Crippen LogP contribution < -0.4 is 10.6 Å². The van der Waals surface area contributed by atoms with E-state index in [1.54, 1.807) is 0 Å². The Bertz CT molecular complexity index is 245. The van der Waals surface area contributed by atoms with E-state index >= 15 is 0 Å². The second kappa shape index (κ2) is 5.15. The summed E-state index contributed by atoms with van der Waals surface area (Å²) in [6.07, 6.45) is 2.27. The molecule has 0 aromatic heterocycles. The minimum absolute atomic E-state index is 0.175. The third-order valence-electron chi connectivity index (χ3n) is 3.83. The number of likely N-dealkylation sites (tertiary alicyclic amines) is 1. The molecule has 1 unspecified atom stereocenters. The second-order valence-corrected chi connectivity index (χ2v) is 5.18. The fourth-order valence-electron chi connectivity index (χ4n) is 2.69. The molecule has 2 rings (SSSR count). The van der Waals surface area contributed by atoms with Gasteiger partial charge in [0.15, 0.2) is 0 Å². The normalized spacial score (nSPS) is 31.4. The first kappa shape index (κ1) is 11.9. The molecule has 0 aliphatic carbocycles. The Labute approximate surface area is 97.8 Å². The van der Waals surface area contributed by atoms with Gasteiger partial charge in [-0.05, 0) is 32.2 Å². The smallest absolute Gasteiger partial charge is 0.234 e. The highest BCUT2D eigenvalue weighted by Gasteiger charge is 2.36. The van der Waals surface area contributed by atoms with Crippen molar-refractivity contribution in [2.24, 2.45) is 5.92 Å². The fourth-order valence-corrected chi connectivity index (χ4v) is 2.69. The maximum Gasteiger partial charge on any atom is 0.234 e. The van der Waals surface area contributed by atoms with Crippen molar-refractivity contribution < 1.29 is 4.79 Å². The van der Waals surface area contributed by atoms with Crippen molar-refractivity contribution in [2.45, 2.75) is 38.8 Å². The molecule has 0 saturated carbocycles. The molecule has 0 bridgehead atoms. The lowest BCUT2D eigenvalue weighted by Crippen LogP contribution is -2.41. The Morgan fingerprint density at radius 2 is 2.38 bits per heavy atom. The van der Waals surface area contributed by atoms with E-state index in [9.17, 15) is 4.79 Å². The summed E-state index contributed by atoms with van der Waals surface area (Å²) < 4.78 is 0. The molecule has 16 heavy (non-hydrogen) atoms. The number of amides is 1. The van der Waals surface area contributed by atoms with E-state index in [0.717, 1.165) is 32.0 Å². The van der Waals surface area contributed by atoms with Crippen LogP contribution in [0, 0.1) is 5.92 Å². The van der Waals surface area contributed by atoms with Crippen LogP contribution in [0.2, 0.25) is 0 Å². The standard InChI is InChI=1S/C12H23N3O/c1-3-9(2)14-12(16)8-15-6-10-4-5-13-11(10)7-15/h9-11,13H,3-8H2,1-2H3,(H,14,16)/t9?,10-,11+/m0/s1. The first-order chi connectivity index (χ1) is 7.69. The first-order valence-electron chi connectivity index (χ1n) is 6.44. The van der Waals surface area contributed by atoms with Crippen LogP contribution >= 0.6 is 0 Å². The Morgan fingerprint density at radius 1 is 1.56 bits per heavy atom. The van der Waals surface area contributed by atoms with Gasteiger partial charge in [0.05, 0.1) is 6.54 Å². The largest absolute Gasteiger partial charge is 0.353 e. The number of hydrogen-bond acceptors (Lipinski definition) is 3. The molecule has 1 amide bonds. The summed E-state index contributed by atoms with van der Waals surface area (Å²) in [5, 5.41) is 6.52. The van der Waals surface area contributed by atoms with Crippen molar-refractivity contribution in [2.75, 3.05) is 26.2 Å². The van der Waals surface area contributed by atoms with Crippen LogP contribution in [0.5, 0.6) is 0 Å². The predicted octanol–water partition coefficient (Wildman–Crippen LogP) is 0.195. The molecule has 92 valence electrons. The predicted molar refractivity (Wildman–Crippen MR) is 64.2 cm³/mol. The lowest BCUT2D eigenvalue weighted by molar-refractivity contribution is -0.122. The van der Waals surface area contributed by atoms with Crippen molar-refractivity contribution in [1.82, 2.24) is 15.5 Å². The Morgan fingerprint density at radius 3 is 3.06 bits per heavy atom. The lowest BCUT2D eigenvalue weighted by Gasteiger charge is -2.18. The van der Waals surface area contributed by atoms with E-state index < -0.39 is 0 Å². The zero-order valence-corrected chi connectivity index (χ0v) is 10.3. The number of rotatable bonds is 4. The molecule has 2 aliphatic heterocycles. The SMILES string of the molecule is CCC(C)NC(=O)CN1C[C@@H]2CCN[C@@H]2C1. The van der Waals surface area contributed by atoms with Crippen LogP contribution in [0.15, 0.2) is 0 Å². The van der Waals surface area contributed by atoms with Gasteiger partial charge in [-0.3, -0.25) is 9.69 Å². The highest BCUT2D eigenvalue weighted by molar-refractivity contribution is 5.78. The van der Waals surface area contributed by atoms with E-state index in [0.29, 0.717) is 18.6 Å². The molecular formula is C12H23N3O. The maximum absolute atomic E-state index is 11.7. The number of fused-ring (bicyclic) bond motifs is 1. The number of hydrogen-bond donors (Lipinski definition) is 2. The van der Waals surface area contributed by atoms with Gasteiger partial charge in [0.1, 0.15) is 0 Å². The van der Waals surface area contributed by atoms with E-state index in [1.165, 1.54) is 6.42 Å². The number of nitrogens with zero attached hydrogens (tertiary/aromatic N) is 1. The van der Waals surface area contributed by atoms with Crippen LogP contribution in [0.4, 0.5) is 0 Å². The summed E-state index contributed by atoms with van der Waals surface area (Å²) >= 11 is 0. The van der Waals surface area contributed by atoms with Crippen LogP contribution in [0.3, 0.4) is 0 Å². The molecule has 2 fully saturated rings. The van der Waals surface area contributed by atoms with Crippen LogP contribution in [0.25, 0.3) is 0 Å². The topological polar surface area (TPSA) is 44.4 Å². The van der Waals surface area contributed by atoms with Crippen molar-refractivity contribution >= 4 is 5.91 Å². The zero-order chi connectivity index (χ0) is 11.5. The van der Waals surface area contributed by atoms with Crippen molar-refractivity contribution in [3.63, 3.8) is 0 Å². The minimum atomic E-state index is 0.175. The van der Waals surface area contributed by atoms with Crippen molar-refractivity contribution in [1.29, 1.82) is 0 Å². The third kappa shape index (κ3) is 2.74. The number of carbonyl (C=O) groups is 1. The monoisotopic (exact) mass is 225 g/mol. The van der Waals surface area contributed by atoms with Gasteiger partial charge in [-0.25, -0.2) is 0 Å². The summed E-state index contributed by atoms with van der Waals surface area (Å²) in [7, 11) is 0. The molecule has 0 radical (unpaired) electrons. The number of nitrogens with one attached hydrogen (secondary N) is 2. The van der Waals surface area contributed by atoms with Gasteiger partial charge in [0, 0.05) is 25.2 Å². The average Bonchev–Trinajstić information content (AvgIpc) is 2.77. The van der Waals surface area contributed by atoms with Gasteiger partial charge in [-0.15, -0.1) is 0 Å². The van der Waals surface area contributed by atoms with E-state index in [4.69, 9.17) is 0 Å². The van der Waals surface area contributed by atoms with Gasteiger partial charge in [0.2, 0.25) is 5.91 Å². The third-order valence-corrected chi connectivity index (χ3v) is 3.83. The Kier molecular flexibility index (Phi) is 3.82. The Balaban J connectivity index is 1.72. The van der Waals surface area contributed by atoms with Crippen LogP contribution in [-0.2, 0) is 4.79 Å². The number of carbonyl (C=O) groups excluding carboxylic acids is 1. The summed E-state index contributed by atoms with van der Waals surface area (Å²) in [6.45, 7) is 8.00. The molecule has 2 saturated heterocycles. The first-order valence-corrected chi connectivity index (χ1v) is 6.44. The van der Waals surface area contributed by atoms with Crippen molar-refractivity contribution in [3.05, 3.63) is 0 Å². The molecule has 4 nitrogen and oxygen atoms in total. The molecule has 3 atom stereocenters. The molecule has 2 aliphatic rings. The van der Waals surface area contributed by atoms with E-state index in [-0.39, 0.29) is 5.91 Å².